The van der Waals surface area contributed by atoms with Gasteiger partial charge in [0.25, 0.3) is 5.78 Å². The average Bonchev–Trinajstić information content (AvgIpc) is 2.97. The van der Waals surface area contributed by atoms with Crippen LogP contribution in [-0.4, -0.2) is 43.2 Å². The molecule has 1 atom stereocenters. The predicted octanol–water partition coefficient (Wildman–Crippen LogP) is 3.58. The molecule has 25 heavy (non-hydrogen) atoms. The second-order valence-corrected chi connectivity index (χ2v) is 7.34. The van der Waals surface area contributed by atoms with Crippen molar-refractivity contribution in [2.45, 2.75) is 25.1 Å². The summed E-state index contributed by atoms with van der Waals surface area (Å²) in [5.74, 6) is 1.39. The van der Waals surface area contributed by atoms with Crippen molar-refractivity contribution in [2.24, 2.45) is 0 Å². The quantitative estimate of drug-likeness (QED) is 0.639. The van der Waals surface area contributed by atoms with Crippen LogP contribution in [0.2, 0.25) is 10.0 Å². The second-order valence-electron chi connectivity index (χ2n) is 5.51. The summed E-state index contributed by atoms with van der Waals surface area (Å²) in [6, 6.07) is 6.91. The zero-order valence-corrected chi connectivity index (χ0v) is 15.9. The van der Waals surface area contributed by atoms with Crippen LogP contribution in [-0.2, 0) is 0 Å². The normalized spacial score (nSPS) is 12.5. The van der Waals surface area contributed by atoms with Gasteiger partial charge in [-0.1, -0.05) is 35.0 Å². The van der Waals surface area contributed by atoms with Crippen molar-refractivity contribution in [2.75, 3.05) is 12.4 Å². The molecule has 0 fully saturated rings. The summed E-state index contributed by atoms with van der Waals surface area (Å²) in [5, 5.41) is 20.0. The van der Waals surface area contributed by atoms with Crippen LogP contribution in [0.5, 0.6) is 5.75 Å². The molecule has 0 spiro atoms. The molecule has 132 valence electrons. The maximum Gasteiger partial charge on any atom is 0.256 e. The molecule has 0 saturated carbocycles. The number of aliphatic hydroxyl groups excluding tert-OH is 1. The third kappa shape index (κ3) is 4.36. The number of halogens is 2. The first-order valence-electron chi connectivity index (χ1n) is 7.52. The van der Waals surface area contributed by atoms with Crippen LogP contribution in [0.25, 0.3) is 5.78 Å². The maximum absolute atomic E-state index is 10.2. The van der Waals surface area contributed by atoms with Crippen molar-refractivity contribution < 1.29 is 9.84 Å². The predicted molar refractivity (Wildman–Crippen MR) is 98.9 cm³/mol. The molecule has 2 aromatic heterocycles. The fraction of sp³-hybridized carbons (Fsp3) is 0.312. The van der Waals surface area contributed by atoms with Gasteiger partial charge in [0.15, 0.2) is 5.16 Å². The van der Waals surface area contributed by atoms with Gasteiger partial charge in [-0.15, -0.1) is 10.2 Å². The van der Waals surface area contributed by atoms with E-state index in [4.69, 9.17) is 27.9 Å². The van der Waals surface area contributed by atoms with E-state index in [-0.39, 0.29) is 6.61 Å². The highest BCUT2D eigenvalue weighted by Gasteiger charge is 2.14. The molecule has 0 saturated heterocycles. The van der Waals surface area contributed by atoms with Gasteiger partial charge in [0.2, 0.25) is 0 Å². The molecule has 0 radical (unpaired) electrons. The molecule has 2 heterocycles. The standard InChI is InChI=1S/C16H16Cl2N4O2S/c1-9-5-10(2)22-15(19-9)20-21-16(22)25-8-12(23)7-24-14-6-11(17)3-4-13(14)18/h3-6,12,23H,7-8H2,1-2H3/t12-/m0/s1. The molecule has 0 aliphatic rings. The summed E-state index contributed by atoms with van der Waals surface area (Å²) >= 11 is 13.3. The van der Waals surface area contributed by atoms with Gasteiger partial charge in [-0.25, -0.2) is 4.98 Å². The zero-order chi connectivity index (χ0) is 18.0. The Kier molecular flexibility index (Phi) is 5.68. The Bertz CT molecular complexity index is 903. The average molecular weight is 399 g/mol. The van der Waals surface area contributed by atoms with Gasteiger partial charge >= 0.3 is 0 Å². The van der Waals surface area contributed by atoms with Crippen molar-refractivity contribution in [3.63, 3.8) is 0 Å². The zero-order valence-electron chi connectivity index (χ0n) is 13.6. The molecule has 3 rings (SSSR count). The molecule has 0 aliphatic carbocycles. The summed E-state index contributed by atoms with van der Waals surface area (Å²) in [7, 11) is 0. The topological polar surface area (TPSA) is 72.5 Å². The van der Waals surface area contributed by atoms with Crippen LogP contribution in [0.1, 0.15) is 11.4 Å². The minimum Gasteiger partial charge on any atom is -0.489 e. The summed E-state index contributed by atoms with van der Waals surface area (Å²) in [6.07, 6.45) is -0.703. The first kappa shape index (κ1) is 18.3. The highest BCUT2D eigenvalue weighted by Crippen LogP contribution is 2.28. The van der Waals surface area contributed by atoms with Crippen molar-refractivity contribution >= 4 is 40.7 Å². The van der Waals surface area contributed by atoms with E-state index in [2.05, 4.69) is 15.2 Å². The molecule has 6 nitrogen and oxygen atoms in total. The molecule has 0 unspecified atom stereocenters. The van der Waals surface area contributed by atoms with Gasteiger partial charge in [0.1, 0.15) is 12.4 Å². The van der Waals surface area contributed by atoms with E-state index in [1.54, 1.807) is 18.2 Å². The number of benzene rings is 1. The van der Waals surface area contributed by atoms with Crippen LogP contribution in [0.4, 0.5) is 0 Å². The molecule has 0 aliphatic heterocycles. The molecular weight excluding hydrogens is 383 g/mol. The third-order valence-corrected chi connectivity index (χ3v) is 5.01. The number of aliphatic hydroxyl groups is 1. The number of aryl methyl sites for hydroxylation is 2. The van der Waals surface area contributed by atoms with Gasteiger partial charge in [-0.2, -0.15) is 0 Å². The lowest BCUT2D eigenvalue weighted by atomic mass is 10.3. The van der Waals surface area contributed by atoms with Crippen LogP contribution < -0.4 is 4.74 Å². The number of rotatable bonds is 6. The van der Waals surface area contributed by atoms with Crippen LogP contribution in [0.15, 0.2) is 29.4 Å². The highest BCUT2D eigenvalue weighted by atomic mass is 35.5. The molecule has 0 bridgehead atoms. The Hall–Kier alpha value is -1.54. The van der Waals surface area contributed by atoms with Crippen LogP contribution in [0, 0.1) is 13.8 Å². The van der Waals surface area contributed by atoms with Gasteiger partial charge in [0, 0.05) is 28.2 Å². The lowest BCUT2D eigenvalue weighted by molar-refractivity contribution is 0.126. The van der Waals surface area contributed by atoms with Crippen LogP contribution in [0.3, 0.4) is 0 Å². The van der Waals surface area contributed by atoms with E-state index >= 15 is 0 Å². The monoisotopic (exact) mass is 398 g/mol. The minimum atomic E-state index is -0.703. The van der Waals surface area contributed by atoms with Gasteiger partial charge in [0.05, 0.1) is 11.1 Å². The maximum atomic E-state index is 10.2. The van der Waals surface area contributed by atoms with Gasteiger partial charge in [-0.3, -0.25) is 4.40 Å². The third-order valence-electron chi connectivity index (χ3n) is 3.39. The number of fused-ring (bicyclic) bond motifs is 1. The lowest BCUT2D eigenvalue weighted by Crippen LogP contribution is -2.20. The van der Waals surface area contributed by atoms with Crippen molar-refractivity contribution in [3.8, 4) is 5.75 Å². The first-order chi connectivity index (χ1) is 11.9. The fourth-order valence-corrected chi connectivity index (χ4v) is 3.51. The van der Waals surface area contributed by atoms with E-state index in [0.29, 0.717) is 32.5 Å². The molecule has 9 heteroatoms. The SMILES string of the molecule is Cc1cc(C)n2c(SC[C@@H](O)COc3cc(Cl)ccc3Cl)nnc2n1. The number of aromatic nitrogens is 4. The smallest absolute Gasteiger partial charge is 0.256 e. The lowest BCUT2D eigenvalue weighted by Gasteiger charge is -2.13. The summed E-state index contributed by atoms with van der Waals surface area (Å²) in [4.78, 5) is 4.34. The Morgan fingerprint density at radius 3 is 2.84 bits per heavy atom. The number of hydrogen-bond donors (Lipinski definition) is 1. The van der Waals surface area contributed by atoms with E-state index in [1.807, 2.05) is 24.3 Å². The number of thioether (sulfide) groups is 1. The van der Waals surface area contributed by atoms with Crippen molar-refractivity contribution in [1.82, 2.24) is 19.6 Å². The Morgan fingerprint density at radius 2 is 2.04 bits per heavy atom. The summed E-state index contributed by atoms with van der Waals surface area (Å²) < 4.78 is 7.40. The number of ether oxygens (including phenoxy) is 1. The number of nitrogens with zero attached hydrogens (tertiary/aromatic N) is 4. The highest BCUT2D eigenvalue weighted by molar-refractivity contribution is 7.99. The Balaban J connectivity index is 1.61. The minimum absolute atomic E-state index is 0.0974. The Labute approximate surface area is 159 Å². The van der Waals surface area contributed by atoms with Gasteiger partial charge in [-0.05, 0) is 32.0 Å². The van der Waals surface area contributed by atoms with E-state index in [0.717, 1.165) is 11.4 Å². The van der Waals surface area contributed by atoms with Crippen LogP contribution >= 0.6 is 35.0 Å². The molecular formula is C16H16Cl2N4O2S. The molecule has 1 N–H and O–H groups in total. The molecule has 0 amide bonds. The largest absolute Gasteiger partial charge is 0.489 e. The Morgan fingerprint density at radius 1 is 1.24 bits per heavy atom. The molecule has 1 aromatic carbocycles. The summed E-state index contributed by atoms with van der Waals surface area (Å²) in [6.45, 7) is 3.98. The van der Waals surface area contributed by atoms with Crippen molar-refractivity contribution in [3.05, 3.63) is 45.7 Å². The number of hydrogen-bond acceptors (Lipinski definition) is 6. The summed E-state index contributed by atoms with van der Waals surface area (Å²) in [5.41, 5.74) is 1.88. The van der Waals surface area contributed by atoms with E-state index in [9.17, 15) is 5.11 Å². The van der Waals surface area contributed by atoms with Gasteiger partial charge < -0.3 is 9.84 Å². The van der Waals surface area contributed by atoms with Crippen molar-refractivity contribution in [1.29, 1.82) is 0 Å². The first-order valence-corrected chi connectivity index (χ1v) is 9.26. The van der Waals surface area contributed by atoms with E-state index < -0.39 is 6.10 Å². The second kappa shape index (κ2) is 7.78. The van der Waals surface area contributed by atoms with E-state index in [1.165, 1.54) is 11.8 Å². The molecule has 3 aromatic rings. The fourth-order valence-electron chi connectivity index (χ4n) is 2.29.